The normalized spacial score (nSPS) is 16.1. The summed E-state index contributed by atoms with van der Waals surface area (Å²) in [5, 5.41) is 3.46. The number of rotatable bonds is 3. The smallest absolute Gasteiger partial charge is 0.248 e. The van der Waals surface area contributed by atoms with Crippen molar-refractivity contribution < 1.29 is 4.79 Å². The first-order chi connectivity index (χ1) is 8.48. The van der Waals surface area contributed by atoms with Crippen molar-refractivity contribution in [2.24, 2.45) is 0 Å². The largest absolute Gasteiger partial charge is 0.353 e. The topological polar surface area (TPSA) is 32.3 Å². The van der Waals surface area contributed by atoms with Crippen molar-refractivity contribution in [3.05, 3.63) is 35.4 Å². The number of benzene rings is 1. The molecule has 1 heterocycles. The van der Waals surface area contributed by atoms with Crippen LogP contribution < -0.4 is 5.32 Å². The SMILES string of the molecule is CCc1ccccc1C(C)(C)N1C(=O)CNC1=S. The van der Waals surface area contributed by atoms with Crippen molar-refractivity contribution >= 4 is 23.2 Å². The minimum atomic E-state index is -0.412. The number of hydrogen-bond acceptors (Lipinski definition) is 2. The van der Waals surface area contributed by atoms with Crippen LogP contribution >= 0.6 is 12.2 Å². The van der Waals surface area contributed by atoms with Gasteiger partial charge < -0.3 is 5.32 Å². The van der Waals surface area contributed by atoms with Crippen molar-refractivity contribution in [2.45, 2.75) is 32.7 Å². The average molecular weight is 262 g/mol. The standard InChI is InChI=1S/C14H18N2OS/c1-4-10-7-5-6-8-11(10)14(2,3)16-12(17)9-15-13(16)18/h5-8H,4,9H2,1-3H3,(H,15,18). The summed E-state index contributed by atoms with van der Waals surface area (Å²) >= 11 is 5.24. The molecule has 0 radical (unpaired) electrons. The first-order valence-corrected chi connectivity index (χ1v) is 6.58. The molecular formula is C14H18N2OS. The lowest BCUT2D eigenvalue weighted by Gasteiger charge is -2.36. The molecule has 0 bridgehead atoms. The predicted octanol–water partition coefficient (Wildman–Crippen LogP) is 2.20. The van der Waals surface area contributed by atoms with Crippen LogP contribution in [0.5, 0.6) is 0 Å². The maximum absolute atomic E-state index is 12.0. The number of aryl methyl sites for hydroxylation is 1. The van der Waals surface area contributed by atoms with Gasteiger partial charge in [0.2, 0.25) is 5.91 Å². The third-order valence-electron chi connectivity index (χ3n) is 3.46. The highest BCUT2D eigenvalue weighted by molar-refractivity contribution is 7.80. The Hall–Kier alpha value is -1.42. The lowest BCUT2D eigenvalue weighted by molar-refractivity contribution is -0.128. The van der Waals surface area contributed by atoms with Crippen LogP contribution in [0.15, 0.2) is 24.3 Å². The molecule has 2 rings (SSSR count). The van der Waals surface area contributed by atoms with Crippen LogP contribution in [-0.2, 0) is 16.8 Å². The molecule has 18 heavy (non-hydrogen) atoms. The van der Waals surface area contributed by atoms with E-state index in [1.54, 1.807) is 4.90 Å². The Balaban J connectivity index is 2.47. The Labute approximate surface area is 113 Å². The van der Waals surface area contributed by atoms with Gasteiger partial charge in [-0.1, -0.05) is 31.2 Å². The summed E-state index contributed by atoms with van der Waals surface area (Å²) in [5.74, 6) is 0.0379. The van der Waals surface area contributed by atoms with Crippen LogP contribution in [0.2, 0.25) is 0 Å². The van der Waals surface area contributed by atoms with Gasteiger partial charge in [-0.15, -0.1) is 0 Å². The predicted molar refractivity (Wildman–Crippen MR) is 76.3 cm³/mol. The number of hydrogen-bond donors (Lipinski definition) is 1. The van der Waals surface area contributed by atoms with E-state index in [0.717, 1.165) is 12.0 Å². The van der Waals surface area contributed by atoms with E-state index >= 15 is 0 Å². The van der Waals surface area contributed by atoms with E-state index in [9.17, 15) is 4.79 Å². The van der Waals surface area contributed by atoms with Gasteiger partial charge in [0.1, 0.15) is 0 Å². The molecule has 1 N–H and O–H groups in total. The molecule has 1 fully saturated rings. The number of carbonyl (C=O) groups is 1. The van der Waals surface area contributed by atoms with Crippen molar-refractivity contribution in [3.63, 3.8) is 0 Å². The lowest BCUT2D eigenvalue weighted by Crippen LogP contribution is -2.46. The fraction of sp³-hybridized carbons (Fsp3) is 0.429. The van der Waals surface area contributed by atoms with Crippen molar-refractivity contribution in [1.29, 1.82) is 0 Å². The van der Waals surface area contributed by atoms with Gasteiger partial charge in [0.25, 0.3) is 0 Å². The van der Waals surface area contributed by atoms with Crippen LogP contribution in [0.3, 0.4) is 0 Å². The van der Waals surface area contributed by atoms with Crippen molar-refractivity contribution in [2.75, 3.05) is 6.54 Å². The highest BCUT2D eigenvalue weighted by atomic mass is 32.1. The summed E-state index contributed by atoms with van der Waals surface area (Å²) in [6.45, 7) is 6.51. The van der Waals surface area contributed by atoms with Gasteiger partial charge in [-0.3, -0.25) is 9.69 Å². The molecule has 1 saturated heterocycles. The van der Waals surface area contributed by atoms with Gasteiger partial charge in [-0.2, -0.15) is 0 Å². The monoisotopic (exact) mass is 262 g/mol. The zero-order valence-corrected chi connectivity index (χ0v) is 11.8. The Morgan fingerprint density at radius 2 is 2.06 bits per heavy atom. The van der Waals surface area contributed by atoms with E-state index in [4.69, 9.17) is 12.2 Å². The van der Waals surface area contributed by atoms with Gasteiger partial charge in [0.05, 0.1) is 12.1 Å². The fourth-order valence-electron chi connectivity index (χ4n) is 2.53. The number of thiocarbonyl (C=S) groups is 1. The van der Waals surface area contributed by atoms with Gasteiger partial charge in [-0.25, -0.2) is 0 Å². The van der Waals surface area contributed by atoms with Crippen LogP contribution in [0.4, 0.5) is 0 Å². The van der Waals surface area contributed by atoms with E-state index in [1.165, 1.54) is 5.56 Å². The summed E-state index contributed by atoms with van der Waals surface area (Å²) in [6, 6.07) is 8.22. The van der Waals surface area contributed by atoms with E-state index in [2.05, 4.69) is 24.4 Å². The van der Waals surface area contributed by atoms with E-state index in [1.807, 2.05) is 26.0 Å². The summed E-state index contributed by atoms with van der Waals surface area (Å²) in [5.41, 5.74) is 2.00. The van der Waals surface area contributed by atoms with Gasteiger partial charge in [0.15, 0.2) is 5.11 Å². The molecule has 0 unspecified atom stereocenters. The molecule has 3 nitrogen and oxygen atoms in total. The first-order valence-electron chi connectivity index (χ1n) is 6.17. The van der Waals surface area contributed by atoms with Crippen molar-refractivity contribution in [3.8, 4) is 0 Å². The van der Waals surface area contributed by atoms with Gasteiger partial charge in [-0.05, 0) is 43.6 Å². The van der Waals surface area contributed by atoms with Crippen LogP contribution in [-0.4, -0.2) is 22.5 Å². The molecule has 0 aliphatic carbocycles. The molecular weight excluding hydrogens is 244 g/mol. The Morgan fingerprint density at radius 3 is 2.61 bits per heavy atom. The molecule has 4 heteroatoms. The molecule has 0 saturated carbocycles. The molecule has 1 amide bonds. The summed E-state index contributed by atoms with van der Waals surface area (Å²) < 4.78 is 0. The number of amides is 1. The van der Waals surface area contributed by atoms with Crippen LogP contribution in [0, 0.1) is 0 Å². The van der Waals surface area contributed by atoms with Crippen molar-refractivity contribution in [1.82, 2.24) is 10.2 Å². The maximum Gasteiger partial charge on any atom is 0.248 e. The van der Waals surface area contributed by atoms with Gasteiger partial charge >= 0.3 is 0 Å². The Morgan fingerprint density at radius 1 is 1.39 bits per heavy atom. The Kier molecular flexibility index (Phi) is 3.39. The zero-order valence-electron chi connectivity index (χ0n) is 11.0. The average Bonchev–Trinajstić information content (AvgIpc) is 2.69. The number of carbonyl (C=O) groups excluding carboxylic acids is 1. The van der Waals surface area contributed by atoms with Crippen LogP contribution in [0.25, 0.3) is 0 Å². The first kappa shape index (κ1) is 13.0. The highest BCUT2D eigenvalue weighted by Crippen LogP contribution is 2.32. The van der Waals surface area contributed by atoms with E-state index in [0.29, 0.717) is 11.7 Å². The molecule has 1 aromatic carbocycles. The lowest BCUT2D eigenvalue weighted by atomic mass is 9.87. The van der Waals surface area contributed by atoms with E-state index < -0.39 is 5.54 Å². The highest BCUT2D eigenvalue weighted by Gasteiger charge is 2.39. The molecule has 1 aliphatic rings. The minimum absolute atomic E-state index is 0.0379. The summed E-state index contributed by atoms with van der Waals surface area (Å²) in [6.07, 6.45) is 0.946. The third kappa shape index (κ3) is 2.01. The summed E-state index contributed by atoms with van der Waals surface area (Å²) in [7, 11) is 0. The van der Waals surface area contributed by atoms with Crippen LogP contribution in [0.1, 0.15) is 31.9 Å². The quantitative estimate of drug-likeness (QED) is 0.848. The molecule has 0 atom stereocenters. The molecule has 0 aromatic heterocycles. The summed E-state index contributed by atoms with van der Waals surface area (Å²) in [4.78, 5) is 13.7. The number of nitrogens with zero attached hydrogens (tertiary/aromatic N) is 1. The van der Waals surface area contributed by atoms with Gasteiger partial charge in [0, 0.05) is 0 Å². The molecule has 1 aliphatic heterocycles. The molecule has 0 spiro atoms. The second kappa shape index (κ2) is 4.69. The molecule has 1 aromatic rings. The third-order valence-corrected chi connectivity index (χ3v) is 3.79. The fourth-order valence-corrected chi connectivity index (χ4v) is 2.94. The zero-order chi connectivity index (χ0) is 13.3. The molecule has 96 valence electrons. The number of nitrogens with one attached hydrogen (secondary N) is 1. The maximum atomic E-state index is 12.0. The van der Waals surface area contributed by atoms with E-state index in [-0.39, 0.29) is 5.91 Å². The Bertz CT molecular complexity index is 480. The second-order valence-electron chi connectivity index (χ2n) is 4.96. The minimum Gasteiger partial charge on any atom is -0.353 e. The second-order valence-corrected chi connectivity index (χ2v) is 5.34.